The van der Waals surface area contributed by atoms with Gasteiger partial charge < -0.3 is 10.2 Å². The molecule has 6 rings (SSSR count). The van der Waals surface area contributed by atoms with Crippen LogP contribution in [-0.2, 0) is 6.54 Å². The molecule has 0 saturated carbocycles. The number of nitrogens with zero attached hydrogens (tertiary/aromatic N) is 1. The van der Waals surface area contributed by atoms with Crippen LogP contribution in [0.3, 0.4) is 0 Å². The minimum atomic E-state index is -0.131. The van der Waals surface area contributed by atoms with Crippen molar-refractivity contribution in [2.24, 2.45) is 10.7 Å². The van der Waals surface area contributed by atoms with Crippen LogP contribution in [0, 0.1) is 0 Å². The second kappa shape index (κ2) is 12.9. The summed E-state index contributed by atoms with van der Waals surface area (Å²) < 4.78 is 6.27. The lowest BCUT2D eigenvalue weighted by Gasteiger charge is -2.15. The first kappa shape index (κ1) is 27.6. The Kier molecular flexibility index (Phi) is 8.68. The number of furan rings is 1. The van der Waals surface area contributed by atoms with Crippen LogP contribution in [0.4, 0.5) is 0 Å². The summed E-state index contributed by atoms with van der Waals surface area (Å²) in [5, 5.41) is 4.68. The number of hydrogen-bond acceptors (Lipinski definition) is 3. The van der Waals surface area contributed by atoms with Crippen LogP contribution in [0.5, 0.6) is 0 Å². The Morgan fingerprint density at radius 2 is 1.51 bits per heavy atom. The van der Waals surface area contributed by atoms with Gasteiger partial charge in [0.1, 0.15) is 11.2 Å². The summed E-state index contributed by atoms with van der Waals surface area (Å²) >= 11 is 0. The number of allylic oxidation sites excluding steroid dienone is 3. The highest BCUT2D eigenvalue weighted by atomic mass is 16.3. The number of hydrogen-bond donors (Lipinski definition) is 1. The van der Waals surface area contributed by atoms with E-state index in [1.807, 2.05) is 49.4 Å². The van der Waals surface area contributed by atoms with E-state index in [1.54, 1.807) is 6.08 Å². The largest absolute Gasteiger partial charge is 0.456 e. The molecule has 0 amide bonds. The maximum absolute atomic E-state index is 6.27. The first-order valence-electron chi connectivity index (χ1n) is 13.8. The Morgan fingerprint density at radius 1 is 0.805 bits per heavy atom. The first-order valence-corrected chi connectivity index (χ1v) is 13.8. The van der Waals surface area contributed by atoms with Gasteiger partial charge in [-0.15, -0.1) is 0 Å². The van der Waals surface area contributed by atoms with Crippen molar-refractivity contribution in [1.29, 1.82) is 0 Å². The molecule has 1 atom stereocenters. The molecular formula is C38H34N2O. The standard InChI is InChI=1S/C31H25NO.C7H9N/c1-4-6-10-21(5-2)31(32-3)26-14-9-13-22(17-26)25-15-16-27-28-18-23-11-7-8-12-24(23)19-30(28)33-29(27)20-25;8-6-7-4-2-1-3-5-7/h4-20,31H,1,3H2,2H3;1-5H,6,8H2/b10-6-,21-5+;. The zero-order valence-electron chi connectivity index (χ0n) is 23.3. The third-order valence-corrected chi connectivity index (χ3v) is 7.21. The van der Waals surface area contributed by atoms with E-state index < -0.39 is 0 Å². The fraction of sp³-hybridized carbons (Fsp3) is 0.0789. The highest BCUT2D eigenvalue weighted by Gasteiger charge is 2.14. The van der Waals surface area contributed by atoms with Gasteiger partial charge in [0, 0.05) is 17.3 Å². The van der Waals surface area contributed by atoms with E-state index in [-0.39, 0.29) is 6.04 Å². The van der Waals surface area contributed by atoms with Crippen molar-refractivity contribution in [3.8, 4) is 11.1 Å². The maximum atomic E-state index is 6.27. The van der Waals surface area contributed by atoms with E-state index in [0.717, 1.165) is 44.2 Å². The number of aliphatic imine (C=N–C) groups is 1. The molecule has 41 heavy (non-hydrogen) atoms. The zero-order chi connectivity index (χ0) is 28.6. The highest BCUT2D eigenvalue weighted by Crippen LogP contribution is 2.36. The van der Waals surface area contributed by atoms with E-state index in [4.69, 9.17) is 10.2 Å². The Hall–Kier alpha value is -4.99. The van der Waals surface area contributed by atoms with E-state index in [9.17, 15) is 0 Å². The average Bonchev–Trinajstić information content (AvgIpc) is 3.39. The summed E-state index contributed by atoms with van der Waals surface area (Å²) in [4.78, 5) is 4.40. The van der Waals surface area contributed by atoms with Crippen molar-refractivity contribution in [2.75, 3.05) is 0 Å². The average molecular weight is 535 g/mol. The first-order chi connectivity index (χ1) is 20.1. The van der Waals surface area contributed by atoms with Gasteiger partial charge in [-0.05, 0) is 82.6 Å². The fourth-order valence-electron chi connectivity index (χ4n) is 5.07. The van der Waals surface area contributed by atoms with Crippen molar-refractivity contribution in [3.63, 3.8) is 0 Å². The molecule has 0 aliphatic carbocycles. The lowest BCUT2D eigenvalue weighted by atomic mass is 9.94. The van der Waals surface area contributed by atoms with Gasteiger partial charge in [0.05, 0.1) is 6.04 Å². The molecule has 6 aromatic rings. The molecule has 1 aromatic heterocycles. The number of nitrogens with two attached hydrogens (primary N) is 1. The lowest BCUT2D eigenvalue weighted by molar-refractivity contribution is 0.669. The summed E-state index contributed by atoms with van der Waals surface area (Å²) in [5.74, 6) is 0. The van der Waals surface area contributed by atoms with Crippen molar-refractivity contribution in [3.05, 3.63) is 157 Å². The lowest BCUT2D eigenvalue weighted by Crippen LogP contribution is -1.98. The van der Waals surface area contributed by atoms with E-state index in [0.29, 0.717) is 6.54 Å². The molecule has 0 aliphatic rings. The predicted octanol–water partition coefficient (Wildman–Crippen LogP) is 9.98. The minimum Gasteiger partial charge on any atom is -0.456 e. The van der Waals surface area contributed by atoms with E-state index in [2.05, 4.69) is 103 Å². The molecule has 0 spiro atoms. The molecule has 0 aliphatic heterocycles. The Labute approximate surface area is 241 Å². The Bertz CT molecular complexity index is 1880. The van der Waals surface area contributed by atoms with Gasteiger partial charge >= 0.3 is 0 Å². The quantitative estimate of drug-likeness (QED) is 0.164. The number of fused-ring (bicyclic) bond motifs is 4. The van der Waals surface area contributed by atoms with Crippen LogP contribution in [0.2, 0.25) is 0 Å². The van der Waals surface area contributed by atoms with Gasteiger partial charge in [-0.3, -0.25) is 4.99 Å². The van der Waals surface area contributed by atoms with Crippen LogP contribution in [0.1, 0.15) is 24.1 Å². The highest BCUT2D eigenvalue weighted by molar-refractivity contribution is 6.10. The SMILES string of the molecule is C=C/C=C\C(=C/C)C(N=C)c1cccc(-c2ccc3c(c2)oc2cc4ccccc4cc23)c1.NCc1ccccc1. The topological polar surface area (TPSA) is 51.5 Å². The smallest absolute Gasteiger partial charge is 0.136 e. The molecule has 5 aromatic carbocycles. The summed E-state index contributed by atoms with van der Waals surface area (Å²) in [6.45, 7) is 10.3. The van der Waals surface area contributed by atoms with Gasteiger partial charge in [-0.1, -0.05) is 110 Å². The summed E-state index contributed by atoms with van der Waals surface area (Å²) in [7, 11) is 0. The van der Waals surface area contributed by atoms with Crippen LogP contribution in [0.25, 0.3) is 43.8 Å². The molecule has 1 heterocycles. The fourth-order valence-corrected chi connectivity index (χ4v) is 5.07. The maximum Gasteiger partial charge on any atom is 0.136 e. The Morgan fingerprint density at radius 3 is 2.20 bits per heavy atom. The molecule has 202 valence electrons. The molecular weight excluding hydrogens is 500 g/mol. The predicted molar refractivity (Wildman–Crippen MR) is 176 cm³/mol. The van der Waals surface area contributed by atoms with Gasteiger partial charge in [0.15, 0.2) is 0 Å². The van der Waals surface area contributed by atoms with Crippen molar-refractivity contribution in [1.82, 2.24) is 0 Å². The summed E-state index contributed by atoms with van der Waals surface area (Å²) in [6, 6.07) is 37.5. The third kappa shape index (κ3) is 6.11. The van der Waals surface area contributed by atoms with Crippen molar-refractivity contribution >= 4 is 39.4 Å². The van der Waals surface area contributed by atoms with Crippen molar-refractivity contribution < 1.29 is 4.42 Å². The van der Waals surface area contributed by atoms with E-state index >= 15 is 0 Å². The molecule has 0 bridgehead atoms. The minimum absolute atomic E-state index is 0.131. The second-order valence-electron chi connectivity index (χ2n) is 9.79. The molecule has 0 radical (unpaired) electrons. The van der Waals surface area contributed by atoms with Gasteiger partial charge in [-0.25, -0.2) is 0 Å². The third-order valence-electron chi connectivity index (χ3n) is 7.21. The molecule has 1 unspecified atom stereocenters. The van der Waals surface area contributed by atoms with Crippen molar-refractivity contribution in [2.45, 2.75) is 19.5 Å². The molecule has 0 saturated heterocycles. The summed E-state index contributed by atoms with van der Waals surface area (Å²) in [5.41, 5.74) is 12.8. The van der Waals surface area contributed by atoms with Crippen LogP contribution < -0.4 is 5.73 Å². The van der Waals surface area contributed by atoms with Gasteiger partial charge in [0.25, 0.3) is 0 Å². The Balaban J connectivity index is 0.000000365. The normalized spacial score (nSPS) is 12.4. The van der Waals surface area contributed by atoms with Gasteiger partial charge in [-0.2, -0.15) is 0 Å². The molecule has 3 heteroatoms. The van der Waals surface area contributed by atoms with Crippen LogP contribution in [-0.4, -0.2) is 6.72 Å². The molecule has 2 N–H and O–H groups in total. The zero-order valence-corrected chi connectivity index (χ0v) is 23.3. The second-order valence-corrected chi connectivity index (χ2v) is 9.79. The summed E-state index contributed by atoms with van der Waals surface area (Å²) in [6.07, 6.45) is 7.79. The van der Waals surface area contributed by atoms with Crippen LogP contribution in [0.15, 0.2) is 155 Å². The van der Waals surface area contributed by atoms with E-state index in [1.165, 1.54) is 16.3 Å². The van der Waals surface area contributed by atoms with Gasteiger partial charge in [0.2, 0.25) is 0 Å². The monoisotopic (exact) mass is 534 g/mol. The number of benzene rings is 5. The molecule has 0 fully saturated rings. The molecule has 3 nitrogen and oxygen atoms in total. The van der Waals surface area contributed by atoms with Crippen LogP contribution >= 0.6 is 0 Å². The number of rotatable bonds is 7.